The molecule has 0 N–H and O–H groups in total. The molecule has 0 aromatic heterocycles. The Balaban J connectivity index is 1.66. The molecule has 134 valence electrons. The van der Waals surface area contributed by atoms with Crippen LogP contribution in [0.15, 0.2) is 29.2 Å². The molecule has 0 unspecified atom stereocenters. The number of rotatable bonds is 4. The highest BCUT2D eigenvalue weighted by Gasteiger charge is 2.36. The number of benzene rings is 1. The fourth-order valence-corrected chi connectivity index (χ4v) is 5.63. The van der Waals surface area contributed by atoms with Crippen molar-refractivity contribution in [1.82, 2.24) is 9.21 Å². The average Bonchev–Trinajstić information content (AvgIpc) is 3.04. The van der Waals surface area contributed by atoms with E-state index in [1.807, 2.05) is 19.1 Å². The lowest BCUT2D eigenvalue weighted by atomic mass is 9.97. The lowest BCUT2D eigenvalue weighted by molar-refractivity contribution is 0.136. The minimum absolute atomic E-state index is 0.125. The summed E-state index contributed by atoms with van der Waals surface area (Å²) in [5.74, 6) is 0.836. The summed E-state index contributed by atoms with van der Waals surface area (Å²) in [6.07, 6.45) is 5.61. The number of nitrogens with zero attached hydrogens (tertiary/aromatic N) is 2. The Morgan fingerprint density at radius 2 is 1.83 bits per heavy atom. The van der Waals surface area contributed by atoms with E-state index in [-0.39, 0.29) is 6.04 Å². The molecule has 1 heterocycles. The van der Waals surface area contributed by atoms with Gasteiger partial charge in [-0.2, -0.15) is 4.31 Å². The van der Waals surface area contributed by atoms with E-state index in [1.54, 1.807) is 23.5 Å². The summed E-state index contributed by atoms with van der Waals surface area (Å²) < 4.78 is 27.4. The monoisotopic (exact) mass is 350 g/mol. The molecule has 0 spiro atoms. The lowest BCUT2D eigenvalue weighted by Gasteiger charge is -2.35. The highest BCUT2D eigenvalue weighted by molar-refractivity contribution is 7.89. The number of aryl methyl sites for hydroxylation is 1. The number of piperidine rings is 1. The molecular weight excluding hydrogens is 320 g/mol. The highest BCUT2D eigenvalue weighted by Crippen LogP contribution is 2.32. The Hall–Kier alpha value is -0.910. The van der Waals surface area contributed by atoms with E-state index in [0.717, 1.165) is 30.7 Å². The van der Waals surface area contributed by atoms with Gasteiger partial charge in [-0.05, 0) is 75.7 Å². The quantitative estimate of drug-likeness (QED) is 0.837. The zero-order valence-electron chi connectivity index (χ0n) is 15.1. The third kappa shape index (κ3) is 3.68. The molecule has 24 heavy (non-hydrogen) atoms. The van der Waals surface area contributed by atoms with Crippen LogP contribution in [0.2, 0.25) is 0 Å². The molecule has 1 aliphatic heterocycles. The van der Waals surface area contributed by atoms with Gasteiger partial charge in [0.25, 0.3) is 0 Å². The van der Waals surface area contributed by atoms with Crippen molar-refractivity contribution in [3.8, 4) is 0 Å². The number of sulfonamides is 1. The first-order chi connectivity index (χ1) is 11.4. The van der Waals surface area contributed by atoms with Gasteiger partial charge in [0.05, 0.1) is 4.90 Å². The Morgan fingerprint density at radius 3 is 2.50 bits per heavy atom. The van der Waals surface area contributed by atoms with Gasteiger partial charge >= 0.3 is 0 Å². The fraction of sp³-hybridized carbons (Fsp3) is 0.684. The standard InChI is InChI=1S/C19H30N2O2S/c1-15-9-11-21(12-10-15)18-8-7-17(14-18)20(3)24(22,23)19-6-4-5-16(2)13-19/h4-6,13,15,17-18H,7-12,14H2,1-3H3/t17-,18+/m1/s1. The Kier molecular flexibility index (Phi) is 5.33. The normalized spacial score (nSPS) is 27.0. The maximum atomic E-state index is 12.9. The first-order valence-electron chi connectivity index (χ1n) is 9.16. The van der Waals surface area contributed by atoms with E-state index in [1.165, 1.54) is 25.9 Å². The molecule has 2 aliphatic rings. The summed E-state index contributed by atoms with van der Waals surface area (Å²) >= 11 is 0. The van der Waals surface area contributed by atoms with Crippen molar-refractivity contribution in [3.63, 3.8) is 0 Å². The molecule has 2 fully saturated rings. The second kappa shape index (κ2) is 7.14. The molecule has 2 atom stereocenters. The minimum atomic E-state index is -3.39. The molecule has 1 saturated carbocycles. The molecule has 1 aromatic rings. The number of likely N-dealkylation sites (tertiary alicyclic amines) is 1. The first kappa shape index (κ1) is 17.9. The van der Waals surface area contributed by atoms with E-state index in [0.29, 0.717) is 10.9 Å². The van der Waals surface area contributed by atoms with Gasteiger partial charge in [0.1, 0.15) is 0 Å². The topological polar surface area (TPSA) is 40.6 Å². The summed E-state index contributed by atoms with van der Waals surface area (Å²) in [7, 11) is -1.64. The maximum absolute atomic E-state index is 12.9. The molecule has 4 nitrogen and oxygen atoms in total. The van der Waals surface area contributed by atoms with Crippen LogP contribution in [-0.4, -0.2) is 49.8 Å². The zero-order valence-corrected chi connectivity index (χ0v) is 15.9. The van der Waals surface area contributed by atoms with Crippen LogP contribution in [-0.2, 0) is 10.0 Å². The summed E-state index contributed by atoms with van der Waals surface area (Å²) in [5, 5.41) is 0. The van der Waals surface area contributed by atoms with Gasteiger partial charge in [-0.3, -0.25) is 0 Å². The minimum Gasteiger partial charge on any atom is -0.300 e. The smallest absolute Gasteiger partial charge is 0.243 e. The van der Waals surface area contributed by atoms with Crippen LogP contribution in [0.4, 0.5) is 0 Å². The van der Waals surface area contributed by atoms with E-state index in [2.05, 4.69) is 11.8 Å². The van der Waals surface area contributed by atoms with Crippen LogP contribution in [0.25, 0.3) is 0 Å². The largest absolute Gasteiger partial charge is 0.300 e. The lowest BCUT2D eigenvalue weighted by Crippen LogP contribution is -2.41. The molecule has 5 heteroatoms. The van der Waals surface area contributed by atoms with Crippen LogP contribution in [0.5, 0.6) is 0 Å². The molecule has 0 radical (unpaired) electrons. The zero-order chi connectivity index (χ0) is 17.3. The molecule has 0 bridgehead atoms. The predicted molar refractivity (Wildman–Crippen MR) is 97.5 cm³/mol. The molecule has 0 amide bonds. The Labute approximate surface area is 146 Å². The van der Waals surface area contributed by atoms with Gasteiger partial charge in [0.2, 0.25) is 10.0 Å². The third-order valence-corrected chi connectivity index (χ3v) is 7.80. The van der Waals surface area contributed by atoms with Crippen LogP contribution in [0, 0.1) is 12.8 Å². The van der Waals surface area contributed by atoms with Gasteiger partial charge in [-0.25, -0.2) is 8.42 Å². The Morgan fingerprint density at radius 1 is 1.12 bits per heavy atom. The van der Waals surface area contributed by atoms with Gasteiger partial charge < -0.3 is 4.90 Å². The van der Waals surface area contributed by atoms with Crippen molar-refractivity contribution in [2.75, 3.05) is 20.1 Å². The molecule has 1 aromatic carbocycles. The number of hydrogen-bond acceptors (Lipinski definition) is 3. The van der Waals surface area contributed by atoms with Crippen molar-refractivity contribution in [1.29, 1.82) is 0 Å². The van der Waals surface area contributed by atoms with Crippen molar-refractivity contribution < 1.29 is 8.42 Å². The van der Waals surface area contributed by atoms with Crippen LogP contribution in [0.1, 0.15) is 44.6 Å². The Bertz CT molecular complexity index is 666. The fourth-order valence-electron chi connectivity index (χ4n) is 4.13. The second-order valence-corrected chi connectivity index (χ2v) is 9.67. The van der Waals surface area contributed by atoms with Crippen LogP contribution < -0.4 is 0 Å². The summed E-state index contributed by atoms with van der Waals surface area (Å²) in [4.78, 5) is 3.01. The molecule has 3 rings (SSSR count). The molecule has 1 saturated heterocycles. The van der Waals surface area contributed by atoms with Gasteiger partial charge in [-0.15, -0.1) is 0 Å². The molecule has 1 aliphatic carbocycles. The average molecular weight is 351 g/mol. The third-order valence-electron chi connectivity index (χ3n) is 5.89. The van der Waals surface area contributed by atoms with E-state index >= 15 is 0 Å². The van der Waals surface area contributed by atoms with Gasteiger partial charge in [-0.1, -0.05) is 19.1 Å². The maximum Gasteiger partial charge on any atom is 0.243 e. The van der Waals surface area contributed by atoms with E-state index in [9.17, 15) is 8.42 Å². The van der Waals surface area contributed by atoms with Crippen molar-refractivity contribution in [2.45, 2.75) is 62.9 Å². The van der Waals surface area contributed by atoms with Gasteiger partial charge in [0.15, 0.2) is 0 Å². The predicted octanol–water partition coefficient (Wildman–Crippen LogP) is 3.27. The summed E-state index contributed by atoms with van der Waals surface area (Å²) in [6.45, 7) is 6.61. The van der Waals surface area contributed by atoms with Gasteiger partial charge in [0, 0.05) is 19.1 Å². The van der Waals surface area contributed by atoms with E-state index < -0.39 is 10.0 Å². The number of hydrogen-bond donors (Lipinski definition) is 0. The highest BCUT2D eigenvalue weighted by atomic mass is 32.2. The summed E-state index contributed by atoms with van der Waals surface area (Å²) in [6, 6.07) is 7.91. The van der Waals surface area contributed by atoms with Crippen molar-refractivity contribution in [2.24, 2.45) is 5.92 Å². The SMILES string of the molecule is Cc1cccc(S(=O)(=O)N(C)[C@@H]2CC[C@H](N3CCC(C)CC3)C2)c1. The van der Waals surface area contributed by atoms with E-state index in [4.69, 9.17) is 0 Å². The van der Waals surface area contributed by atoms with Crippen LogP contribution in [0.3, 0.4) is 0 Å². The van der Waals surface area contributed by atoms with Crippen LogP contribution >= 0.6 is 0 Å². The van der Waals surface area contributed by atoms with Crippen molar-refractivity contribution >= 4 is 10.0 Å². The summed E-state index contributed by atoms with van der Waals surface area (Å²) in [5.41, 5.74) is 0.983. The van der Waals surface area contributed by atoms with Crippen molar-refractivity contribution in [3.05, 3.63) is 29.8 Å². The molecular formula is C19H30N2O2S. The second-order valence-electron chi connectivity index (χ2n) is 7.68. The first-order valence-corrected chi connectivity index (χ1v) is 10.6.